The Kier molecular flexibility index (Phi) is 3.59. The molecule has 2 N–H and O–H groups in total. The summed E-state index contributed by atoms with van der Waals surface area (Å²) in [5.74, 6) is 2.99. The van der Waals surface area contributed by atoms with Crippen molar-refractivity contribution in [2.45, 2.75) is 51.4 Å². The van der Waals surface area contributed by atoms with Crippen LogP contribution in [0.2, 0.25) is 0 Å². The largest absolute Gasteiger partial charge is 0.345 e. The molecule has 3 saturated carbocycles. The van der Waals surface area contributed by atoms with E-state index in [0.717, 1.165) is 37.1 Å². The van der Waals surface area contributed by atoms with E-state index in [2.05, 4.69) is 0 Å². The highest BCUT2D eigenvalue weighted by Crippen LogP contribution is 2.48. The van der Waals surface area contributed by atoms with Gasteiger partial charge in [-0.25, -0.2) is 0 Å². The molecule has 0 saturated heterocycles. The molecular formula is C16H28N2O. The van der Waals surface area contributed by atoms with Crippen molar-refractivity contribution < 1.29 is 4.79 Å². The Balaban J connectivity index is 1.50. The number of hydrogen-bond donors (Lipinski definition) is 1. The van der Waals surface area contributed by atoms with Gasteiger partial charge < -0.3 is 10.6 Å². The van der Waals surface area contributed by atoms with Gasteiger partial charge in [0.1, 0.15) is 0 Å². The number of carbonyl (C=O) groups excluding carboxylic acids is 1. The maximum Gasteiger partial charge on any atom is 0.222 e. The number of nitrogens with two attached hydrogens (primary N) is 1. The van der Waals surface area contributed by atoms with Crippen LogP contribution in [0, 0.1) is 23.2 Å². The minimum atomic E-state index is 0.153. The van der Waals surface area contributed by atoms with Gasteiger partial charge in [0.05, 0.1) is 0 Å². The molecule has 3 nitrogen and oxygen atoms in total. The molecule has 3 aliphatic rings. The molecular weight excluding hydrogens is 236 g/mol. The fourth-order valence-corrected chi connectivity index (χ4v) is 4.64. The molecule has 3 unspecified atom stereocenters. The number of carbonyl (C=O) groups is 1. The molecule has 0 aromatic heterocycles. The van der Waals surface area contributed by atoms with Crippen LogP contribution < -0.4 is 5.73 Å². The van der Waals surface area contributed by atoms with Gasteiger partial charge >= 0.3 is 0 Å². The Morgan fingerprint density at radius 1 is 1.32 bits per heavy atom. The van der Waals surface area contributed by atoms with E-state index < -0.39 is 0 Å². The van der Waals surface area contributed by atoms with Gasteiger partial charge in [-0.3, -0.25) is 4.79 Å². The molecule has 3 aliphatic carbocycles. The monoisotopic (exact) mass is 264 g/mol. The maximum atomic E-state index is 12.4. The summed E-state index contributed by atoms with van der Waals surface area (Å²) in [7, 11) is 2.00. The van der Waals surface area contributed by atoms with Crippen LogP contribution in [0.3, 0.4) is 0 Å². The van der Waals surface area contributed by atoms with Crippen molar-refractivity contribution in [1.82, 2.24) is 4.90 Å². The summed E-state index contributed by atoms with van der Waals surface area (Å²) in [5, 5.41) is 0. The minimum absolute atomic E-state index is 0.153. The second-order valence-corrected chi connectivity index (χ2v) is 7.44. The van der Waals surface area contributed by atoms with Gasteiger partial charge in [-0.1, -0.05) is 12.8 Å². The van der Waals surface area contributed by atoms with Crippen LogP contribution >= 0.6 is 0 Å². The summed E-state index contributed by atoms with van der Waals surface area (Å²) < 4.78 is 0. The Morgan fingerprint density at radius 3 is 2.58 bits per heavy atom. The SMILES string of the molecule is CN(CC1CC2CCC1C2)C(=O)CC1(CN)CCC1. The zero-order chi connectivity index (χ0) is 13.5. The number of rotatable bonds is 5. The van der Waals surface area contributed by atoms with E-state index >= 15 is 0 Å². The van der Waals surface area contributed by atoms with E-state index in [9.17, 15) is 4.79 Å². The highest BCUT2D eigenvalue weighted by Gasteiger charge is 2.41. The minimum Gasteiger partial charge on any atom is -0.345 e. The Hall–Kier alpha value is -0.570. The molecule has 3 atom stereocenters. The van der Waals surface area contributed by atoms with Crippen LogP contribution in [0.5, 0.6) is 0 Å². The van der Waals surface area contributed by atoms with E-state index in [-0.39, 0.29) is 5.41 Å². The summed E-state index contributed by atoms with van der Waals surface area (Å²) in [6, 6.07) is 0. The average molecular weight is 264 g/mol. The zero-order valence-corrected chi connectivity index (χ0v) is 12.2. The lowest BCUT2D eigenvalue weighted by Gasteiger charge is -2.41. The quantitative estimate of drug-likeness (QED) is 0.829. The van der Waals surface area contributed by atoms with Crippen molar-refractivity contribution in [2.75, 3.05) is 20.1 Å². The Labute approximate surface area is 116 Å². The first-order valence-corrected chi connectivity index (χ1v) is 8.06. The summed E-state index contributed by atoms with van der Waals surface area (Å²) in [4.78, 5) is 14.4. The van der Waals surface area contributed by atoms with Crippen molar-refractivity contribution in [3.05, 3.63) is 0 Å². The summed E-state index contributed by atoms with van der Waals surface area (Å²) in [5.41, 5.74) is 6.01. The van der Waals surface area contributed by atoms with Crippen LogP contribution in [0.1, 0.15) is 51.4 Å². The first-order chi connectivity index (χ1) is 9.12. The van der Waals surface area contributed by atoms with Gasteiger partial charge in [0.25, 0.3) is 0 Å². The molecule has 3 rings (SSSR count). The van der Waals surface area contributed by atoms with E-state index in [1.165, 1.54) is 32.1 Å². The average Bonchev–Trinajstić information content (AvgIpc) is 2.95. The Bertz CT molecular complexity index is 345. The first-order valence-electron chi connectivity index (χ1n) is 8.06. The smallest absolute Gasteiger partial charge is 0.222 e. The molecule has 0 aliphatic heterocycles. The molecule has 1 amide bonds. The van der Waals surface area contributed by atoms with Crippen molar-refractivity contribution in [3.8, 4) is 0 Å². The van der Waals surface area contributed by atoms with Crippen molar-refractivity contribution >= 4 is 5.91 Å². The van der Waals surface area contributed by atoms with Gasteiger partial charge in [-0.2, -0.15) is 0 Å². The molecule has 0 spiro atoms. The van der Waals surface area contributed by atoms with Gasteiger partial charge in [0, 0.05) is 20.0 Å². The number of hydrogen-bond acceptors (Lipinski definition) is 2. The molecule has 0 radical (unpaired) electrons. The van der Waals surface area contributed by atoms with Crippen LogP contribution in [0.4, 0.5) is 0 Å². The molecule has 19 heavy (non-hydrogen) atoms. The Morgan fingerprint density at radius 2 is 2.11 bits per heavy atom. The summed E-state index contributed by atoms with van der Waals surface area (Å²) >= 11 is 0. The van der Waals surface area contributed by atoms with Crippen molar-refractivity contribution in [3.63, 3.8) is 0 Å². The van der Waals surface area contributed by atoms with E-state index in [4.69, 9.17) is 5.73 Å². The lowest BCUT2D eigenvalue weighted by molar-refractivity contribution is -0.134. The van der Waals surface area contributed by atoms with E-state index in [1.54, 1.807) is 0 Å². The molecule has 108 valence electrons. The van der Waals surface area contributed by atoms with Gasteiger partial charge in [-0.05, 0) is 61.8 Å². The highest BCUT2D eigenvalue weighted by molar-refractivity contribution is 5.76. The van der Waals surface area contributed by atoms with Gasteiger partial charge in [-0.15, -0.1) is 0 Å². The molecule has 0 heterocycles. The lowest BCUT2D eigenvalue weighted by Crippen LogP contribution is -2.43. The van der Waals surface area contributed by atoms with Gasteiger partial charge in [0.15, 0.2) is 0 Å². The first kappa shape index (κ1) is 13.4. The number of fused-ring (bicyclic) bond motifs is 2. The summed E-state index contributed by atoms with van der Waals surface area (Å²) in [6.45, 7) is 1.67. The second kappa shape index (κ2) is 5.08. The topological polar surface area (TPSA) is 46.3 Å². The zero-order valence-electron chi connectivity index (χ0n) is 12.2. The van der Waals surface area contributed by atoms with E-state index in [1.807, 2.05) is 11.9 Å². The van der Waals surface area contributed by atoms with Crippen molar-refractivity contribution in [1.29, 1.82) is 0 Å². The fraction of sp³-hybridized carbons (Fsp3) is 0.938. The normalized spacial score (nSPS) is 35.2. The maximum absolute atomic E-state index is 12.4. The third kappa shape index (κ3) is 2.54. The predicted octanol–water partition coefficient (Wildman–Crippen LogP) is 2.40. The van der Waals surface area contributed by atoms with Crippen LogP contribution in [-0.2, 0) is 4.79 Å². The molecule has 3 fully saturated rings. The predicted molar refractivity (Wildman–Crippen MR) is 76.5 cm³/mol. The van der Waals surface area contributed by atoms with E-state index in [0.29, 0.717) is 18.9 Å². The number of nitrogens with zero attached hydrogens (tertiary/aromatic N) is 1. The molecule has 3 heteroatoms. The molecule has 0 aromatic rings. The second-order valence-electron chi connectivity index (χ2n) is 7.44. The van der Waals surface area contributed by atoms with Crippen LogP contribution in [0.25, 0.3) is 0 Å². The van der Waals surface area contributed by atoms with Crippen LogP contribution in [-0.4, -0.2) is 30.9 Å². The van der Waals surface area contributed by atoms with Crippen molar-refractivity contribution in [2.24, 2.45) is 28.9 Å². The fourth-order valence-electron chi connectivity index (χ4n) is 4.64. The van der Waals surface area contributed by atoms with Crippen LogP contribution in [0.15, 0.2) is 0 Å². The lowest BCUT2D eigenvalue weighted by atomic mass is 9.66. The third-order valence-electron chi connectivity index (χ3n) is 6.19. The highest BCUT2D eigenvalue weighted by atomic mass is 16.2. The standard InChI is InChI=1S/C16H28N2O/c1-18(10-14-8-12-3-4-13(14)7-12)15(19)9-16(11-17)5-2-6-16/h12-14H,2-11,17H2,1H3. The molecule has 0 aromatic carbocycles. The third-order valence-corrected chi connectivity index (χ3v) is 6.19. The van der Waals surface area contributed by atoms with Gasteiger partial charge in [0.2, 0.25) is 5.91 Å². The summed E-state index contributed by atoms with van der Waals surface area (Å²) in [6.07, 6.45) is 9.87. The molecule has 2 bridgehead atoms. The number of amides is 1.